The summed E-state index contributed by atoms with van der Waals surface area (Å²) >= 11 is 0. The Balaban J connectivity index is -0.000000328. The van der Waals surface area contributed by atoms with E-state index in [0.29, 0.717) is 5.66 Å². The quantitative estimate of drug-likeness (QED) is 0.481. The Labute approximate surface area is 118 Å². The first-order valence-corrected chi connectivity index (χ1v) is 7.70. The highest BCUT2D eigenvalue weighted by Crippen LogP contribution is 2.31. The van der Waals surface area contributed by atoms with Gasteiger partial charge in [-0.25, -0.2) is 0 Å². The second-order valence-corrected chi connectivity index (χ2v) is 4.14. The summed E-state index contributed by atoms with van der Waals surface area (Å²) in [5.74, 6) is 0. The Morgan fingerprint density at radius 3 is 1.89 bits per heavy atom. The zero-order valence-electron chi connectivity index (χ0n) is 13.3. The first-order chi connectivity index (χ1) is 8.70. The van der Waals surface area contributed by atoms with E-state index in [2.05, 4.69) is 48.4 Å². The second-order valence-electron chi connectivity index (χ2n) is 3.29. The van der Waals surface area contributed by atoms with Gasteiger partial charge >= 0.3 is 0 Å². The lowest BCUT2D eigenvalue weighted by Crippen LogP contribution is -2.36. The van der Waals surface area contributed by atoms with Crippen LogP contribution in [0.2, 0.25) is 0 Å². The fraction of sp³-hybridized carbons (Fsp3) is 0.625. The van der Waals surface area contributed by atoms with Crippen LogP contribution in [-0.4, -0.2) is 11.7 Å². The van der Waals surface area contributed by atoms with Gasteiger partial charge in [0.1, 0.15) is 0 Å². The SMILES string of the molecule is C/C=C1/CCC(P)C(N)/C1=C/C.C=C.CC.CC. The number of rotatable bonds is 0. The summed E-state index contributed by atoms with van der Waals surface area (Å²) in [5.41, 5.74) is 9.40. The number of hydrogen-bond acceptors (Lipinski definition) is 1. The van der Waals surface area contributed by atoms with Crippen molar-refractivity contribution >= 4 is 9.24 Å². The number of hydrogen-bond donors (Lipinski definition) is 1. The van der Waals surface area contributed by atoms with E-state index >= 15 is 0 Å². The van der Waals surface area contributed by atoms with Crippen LogP contribution in [0.5, 0.6) is 0 Å². The van der Waals surface area contributed by atoms with Gasteiger partial charge in [0.2, 0.25) is 0 Å². The molecule has 0 bridgehead atoms. The zero-order chi connectivity index (χ0) is 15.1. The van der Waals surface area contributed by atoms with Crippen LogP contribution in [0.15, 0.2) is 36.5 Å². The van der Waals surface area contributed by atoms with Crippen molar-refractivity contribution in [3.63, 3.8) is 0 Å². The van der Waals surface area contributed by atoms with Gasteiger partial charge in [-0.05, 0) is 43.5 Å². The van der Waals surface area contributed by atoms with Crippen LogP contribution in [0.4, 0.5) is 0 Å². The molecule has 2 heteroatoms. The van der Waals surface area contributed by atoms with Crippen molar-refractivity contribution in [2.45, 2.75) is 66.1 Å². The predicted molar refractivity (Wildman–Crippen MR) is 92.2 cm³/mol. The monoisotopic (exact) mass is 271 g/mol. The molecule has 1 aliphatic carbocycles. The van der Waals surface area contributed by atoms with Crippen LogP contribution in [0, 0.1) is 0 Å². The number of nitrogens with two attached hydrogens (primary N) is 1. The lowest BCUT2D eigenvalue weighted by Gasteiger charge is -2.30. The molecule has 0 aromatic carbocycles. The third-order valence-electron chi connectivity index (χ3n) is 2.60. The lowest BCUT2D eigenvalue weighted by molar-refractivity contribution is 0.614. The van der Waals surface area contributed by atoms with E-state index in [9.17, 15) is 0 Å². The second kappa shape index (κ2) is 16.6. The summed E-state index contributed by atoms with van der Waals surface area (Å²) in [5, 5.41) is 0. The maximum absolute atomic E-state index is 6.07. The molecule has 0 aliphatic heterocycles. The molecular weight excluding hydrogens is 237 g/mol. The molecular formula is C16H34NP. The van der Waals surface area contributed by atoms with Crippen molar-refractivity contribution in [1.29, 1.82) is 0 Å². The van der Waals surface area contributed by atoms with E-state index in [1.807, 2.05) is 27.7 Å². The number of allylic oxidation sites excluding steroid dienone is 2. The average Bonchev–Trinajstić information content (AvgIpc) is 2.48. The summed E-state index contributed by atoms with van der Waals surface area (Å²) < 4.78 is 0. The average molecular weight is 271 g/mol. The van der Waals surface area contributed by atoms with E-state index in [1.165, 1.54) is 24.0 Å². The van der Waals surface area contributed by atoms with Crippen LogP contribution >= 0.6 is 9.24 Å². The van der Waals surface area contributed by atoms with E-state index in [1.54, 1.807) is 0 Å². The molecule has 1 nitrogen and oxygen atoms in total. The summed E-state index contributed by atoms with van der Waals surface area (Å²) in [6, 6.07) is 0.222. The summed E-state index contributed by atoms with van der Waals surface area (Å²) in [4.78, 5) is 0. The summed E-state index contributed by atoms with van der Waals surface area (Å²) in [7, 11) is 2.84. The molecule has 1 fully saturated rings. The summed E-state index contributed by atoms with van der Waals surface area (Å²) in [6.07, 6.45) is 6.71. The smallest absolute Gasteiger partial charge is 0.0357 e. The normalized spacial score (nSPS) is 26.0. The molecule has 0 aromatic heterocycles. The van der Waals surface area contributed by atoms with Gasteiger partial charge in [-0.1, -0.05) is 39.8 Å². The molecule has 0 amide bonds. The fourth-order valence-corrected chi connectivity index (χ4v) is 2.15. The van der Waals surface area contributed by atoms with E-state index < -0.39 is 0 Å². The highest BCUT2D eigenvalue weighted by atomic mass is 31.0. The minimum Gasteiger partial charge on any atom is -0.323 e. The van der Waals surface area contributed by atoms with Gasteiger partial charge in [0.15, 0.2) is 0 Å². The van der Waals surface area contributed by atoms with Crippen molar-refractivity contribution < 1.29 is 0 Å². The van der Waals surface area contributed by atoms with Crippen LogP contribution in [0.25, 0.3) is 0 Å². The Kier molecular flexibility index (Phi) is 21.0. The lowest BCUT2D eigenvalue weighted by atomic mass is 9.85. The van der Waals surface area contributed by atoms with Crippen LogP contribution in [0.1, 0.15) is 54.4 Å². The van der Waals surface area contributed by atoms with Crippen molar-refractivity contribution in [2.75, 3.05) is 0 Å². The van der Waals surface area contributed by atoms with Gasteiger partial charge in [0, 0.05) is 6.04 Å². The Morgan fingerprint density at radius 2 is 1.56 bits per heavy atom. The van der Waals surface area contributed by atoms with Gasteiger partial charge in [-0.3, -0.25) is 0 Å². The van der Waals surface area contributed by atoms with Gasteiger partial charge in [-0.15, -0.1) is 22.4 Å². The molecule has 1 saturated carbocycles. The third kappa shape index (κ3) is 7.84. The van der Waals surface area contributed by atoms with Gasteiger partial charge in [0.05, 0.1) is 0 Å². The molecule has 0 spiro atoms. The summed E-state index contributed by atoms with van der Waals surface area (Å²) in [6.45, 7) is 18.2. The first-order valence-electron chi connectivity index (χ1n) is 7.03. The molecule has 1 rings (SSSR count). The van der Waals surface area contributed by atoms with Gasteiger partial charge in [-0.2, -0.15) is 0 Å². The minimum absolute atomic E-state index is 0.222. The highest BCUT2D eigenvalue weighted by molar-refractivity contribution is 7.17. The van der Waals surface area contributed by atoms with Gasteiger partial charge in [0.25, 0.3) is 0 Å². The van der Waals surface area contributed by atoms with E-state index in [-0.39, 0.29) is 6.04 Å². The standard InChI is InChI=1S/C10H18NP.2C2H6.C2H4/c1-3-7-5-6-9(12)10(11)8(7)4-2;3*1-2/h3-4,9-10H,5-6,11-12H2,1-2H3;2*1-2H3;1-2H2/b7-3-,8-4+;;;. The predicted octanol–water partition coefficient (Wildman–Crippen LogP) is 5.10. The Morgan fingerprint density at radius 1 is 1.11 bits per heavy atom. The van der Waals surface area contributed by atoms with Crippen molar-refractivity contribution in [1.82, 2.24) is 0 Å². The minimum atomic E-state index is 0.222. The molecule has 1 aliphatic rings. The highest BCUT2D eigenvalue weighted by Gasteiger charge is 2.24. The van der Waals surface area contributed by atoms with Crippen molar-refractivity contribution in [3.05, 3.63) is 36.5 Å². The molecule has 18 heavy (non-hydrogen) atoms. The van der Waals surface area contributed by atoms with Crippen LogP contribution in [-0.2, 0) is 0 Å². The molecule has 108 valence electrons. The topological polar surface area (TPSA) is 26.0 Å². The van der Waals surface area contributed by atoms with E-state index in [4.69, 9.17) is 5.73 Å². The maximum Gasteiger partial charge on any atom is 0.0357 e. The van der Waals surface area contributed by atoms with Gasteiger partial charge < -0.3 is 5.73 Å². The largest absolute Gasteiger partial charge is 0.323 e. The molecule has 3 atom stereocenters. The zero-order valence-corrected chi connectivity index (χ0v) is 14.4. The molecule has 0 saturated heterocycles. The molecule has 2 N–H and O–H groups in total. The first kappa shape index (κ1) is 22.8. The molecule has 0 aromatic rings. The maximum atomic E-state index is 6.07. The van der Waals surface area contributed by atoms with Crippen LogP contribution in [0.3, 0.4) is 0 Å². The fourth-order valence-electron chi connectivity index (χ4n) is 1.78. The Hall–Kier alpha value is -0.390. The molecule has 0 radical (unpaired) electrons. The van der Waals surface area contributed by atoms with Crippen LogP contribution < -0.4 is 5.73 Å². The van der Waals surface area contributed by atoms with E-state index in [0.717, 1.165) is 0 Å². The third-order valence-corrected chi connectivity index (χ3v) is 3.35. The Bertz CT molecular complexity index is 231. The van der Waals surface area contributed by atoms with Crippen molar-refractivity contribution in [2.24, 2.45) is 5.73 Å². The van der Waals surface area contributed by atoms with Crippen molar-refractivity contribution in [3.8, 4) is 0 Å². The molecule has 0 heterocycles. The molecule has 3 unspecified atom stereocenters.